The number of aryl methyl sites for hydroxylation is 1. The van der Waals surface area contributed by atoms with Crippen LogP contribution >= 0.6 is 0 Å². The summed E-state index contributed by atoms with van der Waals surface area (Å²) in [6.45, 7) is 11.3. The van der Waals surface area contributed by atoms with E-state index in [-0.39, 0.29) is 12.1 Å². The maximum Gasteiger partial charge on any atom is 0.243 e. The lowest BCUT2D eigenvalue weighted by atomic mass is 9.77. The van der Waals surface area contributed by atoms with Gasteiger partial charge in [0.25, 0.3) is 0 Å². The topological polar surface area (TPSA) is 49.7 Å². The molecule has 0 radical (unpaired) electrons. The Bertz CT molecular complexity index is 966. The van der Waals surface area contributed by atoms with E-state index in [0.29, 0.717) is 29.2 Å². The van der Waals surface area contributed by atoms with E-state index in [9.17, 15) is 8.42 Å². The number of benzene rings is 2. The van der Waals surface area contributed by atoms with Crippen LogP contribution in [0, 0.1) is 24.7 Å². The molecule has 5 heteroatoms. The van der Waals surface area contributed by atoms with Crippen molar-refractivity contribution in [1.29, 1.82) is 0 Å². The molecule has 4 nitrogen and oxygen atoms in total. The molecule has 3 rings (SSSR count). The van der Waals surface area contributed by atoms with Gasteiger partial charge in [-0.15, -0.1) is 0 Å². The fourth-order valence-corrected chi connectivity index (χ4v) is 6.27. The highest BCUT2D eigenvalue weighted by molar-refractivity contribution is 7.89. The maximum absolute atomic E-state index is 13.7. The average molecular weight is 441 g/mol. The van der Waals surface area contributed by atoms with Crippen molar-refractivity contribution < 1.29 is 8.42 Å². The van der Waals surface area contributed by atoms with Crippen molar-refractivity contribution in [1.82, 2.24) is 4.31 Å². The van der Waals surface area contributed by atoms with Crippen LogP contribution in [0.3, 0.4) is 0 Å². The van der Waals surface area contributed by atoms with E-state index in [1.165, 1.54) is 0 Å². The summed E-state index contributed by atoms with van der Waals surface area (Å²) in [4.78, 5) is 5.41. The second-order valence-corrected chi connectivity index (χ2v) is 11.4. The molecule has 0 aliphatic carbocycles. The van der Waals surface area contributed by atoms with Crippen LogP contribution in [0.25, 0.3) is 0 Å². The predicted octanol–water partition coefficient (Wildman–Crippen LogP) is 5.56. The smallest absolute Gasteiger partial charge is 0.243 e. The van der Waals surface area contributed by atoms with Crippen LogP contribution in [0.2, 0.25) is 0 Å². The summed E-state index contributed by atoms with van der Waals surface area (Å²) in [5.74, 6) is 1.17. The predicted molar refractivity (Wildman–Crippen MR) is 129 cm³/mol. The first-order chi connectivity index (χ1) is 14.7. The summed E-state index contributed by atoms with van der Waals surface area (Å²) in [5, 5.41) is 0. The highest BCUT2D eigenvalue weighted by Crippen LogP contribution is 2.37. The van der Waals surface area contributed by atoms with Crippen LogP contribution in [0.4, 0.5) is 0 Å². The average Bonchev–Trinajstić information content (AvgIpc) is 2.73. The number of hydrogen-bond donors (Lipinski definition) is 0. The molecule has 0 saturated carbocycles. The molecule has 1 saturated heterocycles. The Balaban J connectivity index is 2.01. The zero-order valence-electron chi connectivity index (χ0n) is 19.4. The number of nitrogens with zero attached hydrogens (tertiary/aromatic N) is 2. The van der Waals surface area contributed by atoms with Gasteiger partial charge in [-0.25, -0.2) is 8.42 Å². The number of hydrogen-bond acceptors (Lipinski definition) is 3. The second kappa shape index (κ2) is 10.1. The fraction of sp³-hybridized carbons (Fsp3) is 0.500. The summed E-state index contributed by atoms with van der Waals surface area (Å²) >= 11 is 0. The van der Waals surface area contributed by atoms with Gasteiger partial charge in [-0.05, 0) is 55.2 Å². The van der Waals surface area contributed by atoms with Crippen LogP contribution in [0.15, 0.2) is 64.5 Å². The first kappa shape index (κ1) is 23.7. The second-order valence-electron chi connectivity index (χ2n) is 9.50. The molecule has 3 atom stereocenters. The van der Waals surface area contributed by atoms with Gasteiger partial charge in [0.15, 0.2) is 0 Å². The third-order valence-electron chi connectivity index (χ3n) is 6.28. The molecule has 0 spiro atoms. The van der Waals surface area contributed by atoms with Gasteiger partial charge in [-0.2, -0.15) is 4.31 Å². The van der Waals surface area contributed by atoms with E-state index >= 15 is 0 Å². The molecule has 1 heterocycles. The first-order valence-electron chi connectivity index (χ1n) is 11.4. The van der Waals surface area contributed by atoms with Gasteiger partial charge in [-0.1, -0.05) is 75.7 Å². The number of piperidine rings is 1. The summed E-state index contributed by atoms with van der Waals surface area (Å²) < 4.78 is 29.1. The van der Waals surface area contributed by atoms with Crippen LogP contribution < -0.4 is 0 Å². The van der Waals surface area contributed by atoms with Crippen molar-refractivity contribution in [3.8, 4) is 0 Å². The van der Waals surface area contributed by atoms with Gasteiger partial charge in [0.1, 0.15) is 0 Å². The lowest BCUT2D eigenvalue weighted by Gasteiger charge is -2.45. The third-order valence-corrected chi connectivity index (χ3v) is 8.22. The Labute approximate surface area is 188 Å². The molecule has 168 valence electrons. The minimum Gasteiger partial charge on any atom is -0.287 e. The Hall–Kier alpha value is -1.98. The van der Waals surface area contributed by atoms with Crippen LogP contribution in [0.5, 0.6) is 0 Å². The molecule has 0 aromatic heterocycles. The first-order valence-corrected chi connectivity index (χ1v) is 12.8. The number of rotatable bonds is 7. The lowest BCUT2D eigenvalue weighted by molar-refractivity contribution is 0.120. The molecule has 31 heavy (non-hydrogen) atoms. The minimum absolute atomic E-state index is 0.0587. The largest absolute Gasteiger partial charge is 0.287 e. The van der Waals surface area contributed by atoms with Crippen molar-refractivity contribution in [2.45, 2.75) is 64.4 Å². The Morgan fingerprint density at radius 3 is 2.26 bits per heavy atom. The summed E-state index contributed by atoms with van der Waals surface area (Å²) in [5.41, 5.74) is 2.10. The molecule has 0 N–H and O–H groups in total. The molecule has 0 bridgehead atoms. The van der Waals surface area contributed by atoms with Gasteiger partial charge >= 0.3 is 0 Å². The van der Waals surface area contributed by atoms with Gasteiger partial charge in [0.2, 0.25) is 10.0 Å². The highest BCUT2D eigenvalue weighted by atomic mass is 32.2. The fourth-order valence-electron chi connectivity index (χ4n) is 4.60. The standard InChI is InChI=1S/C26H36N2O2S/c1-19(2)17-25-26(27-18-22-9-7-6-8-10-22)24(20(3)4)15-16-28(25)31(29,30)23-13-11-21(5)12-14-23/h6-14,18-20,24-26H,15-17H2,1-5H3/t24-,25-,26+/m0/s1. The van der Waals surface area contributed by atoms with E-state index in [4.69, 9.17) is 4.99 Å². The highest BCUT2D eigenvalue weighted by Gasteiger charge is 2.44. The van der Waals surface area contributed by atoms with E-state index in [1.54, 1.807) is 16.4 Å². The minimum atomic E-state index is -3.58. The van der Waals surface area contributed by atoms with Crippen molar-refractivity contribution >= 4 is 16.2 Å². The van der Waals surface area contributed by atoms with Crippen molar-refractivity contribution in [3.05, 3.63) is 65.7 Å². The van der Waals surface area contributed by atoms with Crippen LogP contribution in [-0.2, 0) is 10.0 Å². The van der Waals surface area contributed by atoms with Gasteiger partial charge in [-0.3, -0.25) is 4.99 Å². The molecule has 1 aliphatic rings. The normalized spacial score (nSPS) is 23.1. The molecule has 2 aromatic carbocycles. The summed E-state index contributed by atoms with van der Waals surface area (Å²) in [6.07, 6.45) is 3.55. The quantitative estimate of drug-likeness (QED) is 0.529. The molecule has 0 unspecified atom stereocenters. The molecular formula is C26H36N2O2S. The molecule has 2 aromatic rings. The monoisotopic (exact) mass is 440 g/mol. The Morgan fingerprint density at radius 1 is 1.03 bits per heavy atom. The lowest BCUT2D eigenvalue weighted by Crippen LogP contribution is -2.55. The molecule has 1 fully saturated rings. The van der Waals surface area contributed by atoms with Gasteiger partial charge < -0.3 is 0 Å². The molecular weight excluding hydrogens is 404 g/mol. The Kier molecular flexibility index (Phi) is 7.71. The SMILES string of the molecule is Cc1ccc(S(=O)(=O)N2CC[C@@H](C(C)C)[C@@H](N=Cc3ccccc3)[C@@H]2CC(C)C)cc1. The van der Waals surface area contributed by atoms with E-state index in [2.05, 4.69) is 27.7 Å². The third kappa shape index (κ3) is 5.64. The van der Waals surface area contributed by atoms with E-state index < -0.39 is 10.0 Å². The molecule has 1 aliphatic heterocycles. The van der Waals surface area contributed by atoms with E-state index in [0.717, 1.165) is 24.0 Å². The van der Waals surface area contributed by atoms with Gasteiger partial charge in [0, 0.05) is 18.8 Å². The van der Waals surface area contributed by atoms with Crippen LogP contribution in [-0.4, -0.2) is 37.6 Å². The van der Waals surface area contributed by atoms with Crippen LogP contribution in [0.1, 0.15) is 51.7 Å². The zero-order valence-corrected chi connectivity index (χ0v) is 20.2. The molecule has 0 amide bonds. The summed E-state index contributed by atoms with van der Waals surface area (Å²) in [7, 11) is -3.58. The van der Waals surface area contributed by atoms with Gasteiger partial charge in [0.05, 0.1) is 10.9 Å². The van der Waals surface area contributed by atoms with Crippen molar-refractivity contribution in [2.24, 2.45) is 22.7 Å². The number of aliphatic imine (C=N–C) groups is 1. The summed E-state index contributed by atoms with van der Waals surface area (Å²) in [6, 6.07) is 17.1. The Morgan fingerprint density at radius 2 is 1.68 bits per heavy atom. The van der Waals surface area contributed by atoms with Crippen molar-refractivity contribution in [3.63, 3.8) is 0 Å². The maximum atomic E-state index is 13.7. The van der Waals surface area contributed by atoms with E-state index in [1.807, 2.05) is 55.6 Å². The van der Waals surface area contributed by atoms with Crippen molar-refractivity contribution in [2.75, 3.05) is 6.54 Å². The zero-order chi connectivity index (χ0) is 22.6. The number of sulfonamides is 1.